The number of rotatable bonds is 7. The first-order valence-corrected chi connectivity index (χ1v) is 13.1. The number of ether oxygens (including phenoxy) is 1. The summed E-state index contributed by atoms with van der Waals surface area (Å²) in [6, 6.07) is 0. The minimum atomic E-state index is -4.59. The minimum absolute atomic E-state index is 0.0196. The second kappa shape index (κ2) is 9.59. The molecule has 0 spiro atoms. The molecule has 8 atom stereocenters. The van der Waals surface area contributed by atoms with Gasteiger partial charge in [-0.15, -0.1) is 0 Å². The van der Waals surface area contributed by atoms with Gasteiger partial charge in [-0.3, -0.25) is 4.79 Å². The number of halogens is 3. The van der Waals surface area contributed by atoms with E-state index in [1.165, 1.54) is 38.5 Å². The third-order valence-corrected chi connectivity index (χ3v) is 10.6. The molecule has 0 bridgehead atoms. The van der Waals surface area contributed by atoms with Crippen LogP contribution < -0.4 is 5.32 Å². The molecule has 4 nitrogen and oxygen atoms in total. The van der Waals surface area contributed by atoms with Crippen molar-refractivity contribution in [1.82, 2.24) is 5.32 Å². The third kappa shape index (κ3) is 4.46. The van der Waals surface area contributed by atoms with Crippen LogP contribution in [0, 0.1) is 51.7 Å². The largest absolute Gasteiger partial charge is 0.419 e. The van der Waals surface area contributed by atoms with E-state index in [9.17, 15) is 18.0 Å². The van der Waals surface area contributed by atoms with Crippen molar-refractivity contribution in [2.24, 2.45) is 46.3 Å². The van der Waals surface area contributed by atoms with Crippen LogP contribution in [0.25, 0.3) is 0 Å². The highest BCUT2D eigenvalue weighted by atomic mass is 19.4. The molecule has 7 heteroatoms. The average Bonchev–Trinajstić information content (AvgIpc) is 3.13. The van der Waals surface area contributed by atoms with E-state index in [0.29, 0.717) is 23.2 Å². The van der Waals surface area contributed by atoms with Crippen LogP contribution in [-0.2, 0) is 9.53 Å². The Bertz CT molecular complexity index is 812. The van der Waals surface area contributed by atoms with Crippen molar-refractivity contribution in [1.29, 1.82) is 5.41 Å². The maximum Gasteiger partial charge on any atom is 0.419 e. The number of hydrogen-bond acceptors (Lipinski definition) is 4. The highest BCUT2D eigenvalue weighted by Crippen LogP contribution is 2.67. The summed E-state index contributed by atoms with van der Waals surface area (Å²) < 4.78 is 44.0. The molecule has 0 aliphatic heterocycles. The van der Waals surface area contributed by atoms with E-state index in [4.69, 9.17) is 10.1 Å². The Morgan fingerprint density at radius 1 is 1.06 bits per heavy atom. The molecule has 0 saturated heterocycles. The number of carbonyl (C=O) groups excluding carboxylic acids is 1. The van der Waals surface area contributed by atoms with Crippen molar-refractivity contribution in [2.75, 3.05) is 20.3 Å². The monoisotopic (exact) mass is 482 g/mol. The number of methoxy groups -OCH3 is 1. The molecular weight excluding hydrogens is 441 g/mol. The molecule has 8 unspecified atom stereocenters. The van der Waals surface area contributed by atoms with Crippen LogP contribution in [0.5, 0.6) is 0 Å². The van der Waals surface area contributed by atoms with Crippen molar-refractivity contribution in [3.63, 3.8) is 0 Å². The van der Waals surface area contributed by atoms with Crippen molar-refractivity contribution in [2.45, 2.75) is 77.8 Å². The third-order valence-electron chi connectivity index (χ3n) is 10.6. The summed E-state index contributed by atoms with van der Waals surface area (Å²) in [4.78, 5) is 13.1. The standard InChI is InChI=1S/C27H41F3N2O2/c1-25-10-8-17(16-34-3)12-18(25)4-5-20-21-6-7-23(26(21,2)11-9-22(20)25)24(33)15-32-14-19(13-31)27(28,29)30/h13-14,17-18,20-23,31-32H,4-12,15-16H2,1-3H3/b19-14+,31-13?. The molecule has 0 heterocycles. The van der Waals surface area contributed by atoms with Gasteiger partial charge in [-0.05, 0) is 98.2 Å². The highest BCUT2D eigenvalue weighted by Gasteiger charge is 2.61. The van der Waals surface area contributed by atoms with Gasteiger partial charge in [0.05, 0.1) is 12.1 Å². The zero-order valence-electron chi connectivity index (χ0n) is 20.8. The summed E-state index contributed by atoms with van der Waals surface area (Å²) in [7, 11) is 1.80. The Hall–Kier alpha value is -1.37. The number of ketones is 1. The van der Waals surface area contributed by atoms with Gasteiger partial charge in [0.15, 0.2) is 5.78 Å². The SMILES string of the molecule is COCC1CCC2(C)C(CCC3C2CCC2(C)C(C(=O)CN/C=C(\C=N)C(F)(F)F)CCC32)C1. The summed E-state index contributed by atoms with van der Waals surface area (Å²) in [6.07, 6.45) is 6.93. The lowest BCUT2D eigenvalue weighted by Gasteiger charge is -2.61. The van der Waals surface area contributed by atoms with Gasteiger partial charge in [0.2, 0.25) is 0 Å². The fraction of sp³-hybridized carbons (Fsp3) is 0.852. The maximum atomic E-state index is 13.1. The molecule has 4 aliphatic rings. The Kier molecular flexibility index (Phi) is 7.25. The Morgan fingerprint density at radius 3 is 2.44 bits per heavy atom. The first-order valence-electron chi connectivity index (χ1n) is 13.1. The molecule has 2 N–H and O–H groups in total. The molecule has 0 aromatic carbocycles. The summed E-state index contributed by atoms with van der Waals surface area (Å²) in [6.45, 7) is 5.59. The second-order valence-electron chi connectivity index (χ2n) is 12.0. The predicted molar refractivity (Wildman–Crippen MR) is 127 cm³/mol. The van der Waals surface area contributed by atoms with Crippen molar-refractivity contribution in [3.8, 4) is 0 Å². The lowest BCUT2D eigenvalue weighted by molar-refractivity contribution is -0.137. The Balaban J connectivity index is 1.42. The molecule has 4 aliphatic carbocycles. The Labute approximate surface area is 202 Å². The molecule has 0 aromatic rings. The molecular formula is C27H41F3N2O2. The molecule has 34 heavy (non-hydrogen) atoms. The first-order chi connectivity index (χ1) is 16.0. The van der Waals surface area contributed by atoms with Gasteiger partial charge in [0.1, 0.15) is 0 Å². The quantitative estimate of drug-likeness (QED) is 0.427. The van der Waals surface area contributed by atoms with Crippen LogP contribution in [0.3, 0.4) is 0 Å². The molecule has 4 fully saturated rings. The average molecular weight is 483 g/mol. The topological polar surface area (TPSA) is 62.2 Å². The van der Waals surface area contributed by atoms with Crippen LogP contribution >= 0.6 is 0 Å². The van der Waals surface area contributed by atoms with Gasteiger partial charge in [0.25, 0.3) is 0 Å². The van der Waals surface area contributed by atoms with Gasteiger partial charge < -0.3 is 15.5 Å². The van der Waals surface area contributed by atoms with Crippen LogP contribution in [0.2, 0.25) is 0 Å². The van der Waals surface area contributed by atoms with E-state index in [2.05, 4.69) is 19.2 Å². The highest BCUT2D eigenvalue weighted by molar-refractivity contribution is 5.84. The Morgan fingerprint density at radius 2 is 1.76 bits per heavy atom. The van der Waals surface area contributed by atoms with Crippen LogP contribution in [-0.4, -0.2) is 38.4 Å². The van der Waals surface area contributed by atoms with Gasteiger partial charge in [-0.2, -0.15) is 13.2 Å². The number of nitrogens with one attached hydrogen (secondary N) is 2. The molecule has 0 radical (unpaired) electrons. The molecule has 4 rings (SSSR count). The van der Waals surface area contributed by atoms with Crippen LogP contribution in [0.1, 0.15) is 71.6 Å². The summed E-state index contributed by atoms with van der Waals surface area (Å²) in [5.41, 5.74) is -0.723. The normalized spacial score (nSPS) is 42.4. The van der Waals surface area contributed by atoms with Crippen LogP contribution in [0.4, 0.5) is 13.2 Å². The van der Waals surface area contributed by atoms with E-state index < -0.39 is 11.7 Å². The molecule has 0 aromatic heterocycles. The zero-order valence-corrected chi connectivity index (χ0v) is 20.8. The van der Waals surface area contributed by atoms with Gasteiger partial charge >= 0.3 is 6.18 Å². The minimum Gasteiger partial charge on any atom is -0.384 e. The number of alkyl halides is 3. The van der Waals surface area contributed by atoms with Crippen molar-refractivity contribution < 1.29 is 22.7 Å². The smallest absolute Gasteiger partial charge is 0.384 e. The van der Waals surface area contributed by atoms with Crippen molar-refractivity contribution >= 4 is 12.0 Å². The summed E-state index contributed by atoms with van der Waals surface area (Å²) >= 11 is 0. The van der Waals surface area contributed by atoms with E-state index in [-0.39, 0.29) is 29.9 Å². The molecule has 4 saturated carbocycles. The number of hydrogen-bond donors (Lipinski definition) is 2. The second-order valence-corrected chi connectivity index (χ2v) is 12.0. The van der Waals surface area contributed by atoms with E-state index >= 15 is 0 Å². The van der Waals surface area contributed by atoms with Crippen LogP contribution in [0.15, 0.2) is 11.8 Å². The zero-order chi connectivity index (χ0) is 24.7. The number of fused-ring (bicyclic) bond motifs is 5. The number of carbonyl (C=O) groups is 1. The summed E-state index contributed by atoms with van der Waals surface area (Å²) in [5, 5.41) is 9.53. The fourth-order valence-electron chi connectivity index (χ4n) is 8.85. The predicted octanol–water partition coefficient (Wildman–Crippen LogP) is 6.16. The first kappa shape index (κ1) is 25.7. The summed E-state index contributed by atoms with van der Waals surface area (Å²) in [5.74, 6) is 3.33. The number of Topliss-reactive ketones (excluding diaryl/α,β-unsaturated/α-hetero) is 1. The van der Waals surface area contributed by atoms with Crippen molar-refractivity contribution in [3.05, 3.63) is 11.8 Å². The van der Waals surface area contributed by atoms with Gasteiger partial charge in [-0.1, -0.05) is 13.8 Å². The van der Waals surface area contributed by atoms with E-state index in [1.54, 1.807) is 7.11 Å². The van der Waals surface area contributed by atoms with Gasteiger partial charge in [-0.25, -0.2) is 0 Å². The van der Waals surface area contributed by atoms with E-state index in [0.717, 1.165) is 43.9 Å². The molecule has 0 amide bonds. The lowest BCUT2D eigenvalue weighted by Crippen LogP contribution is -2.54. The lowest BCUT2D eigenvalue weighted by atomic mass is 9.44. The van der Waals surface area contributed by atoms with Gasteiger partial charge in [0, 0.05) is 32.0 Å². The fourth-order valence-corrected chi connectivity index (χ4v) is 8.85. The molecule has 192 valence electrons. The maximum absolute atomic E-state index is 13.1. The van der Waals surface area contributed by atoms with E-state index in [1.807, 2.05) is 0 Å². The number of allylic oxidation sites excluding steroid dienone is 1.